The summed E-state index contributed by atoms with van der Waals surface area (Å²) >= 11 is 0. The maximum absolute atomic E-state index is 12.4. The quantitative estimate of drug-likeness (QED) is 0.856. The second-order valence-electron chi connectivity index (χ2n) is 6.68. The number of aromatic nitrogens is 1. The smallest absolute Gasteiger partial charge is 0.247 e. The average Bonchev–Trinajstić information content (AvgIpc) is 2.64. The monoisotopic (exact) mass is 360 g/mol. The molecule has 0 aliphatic carbocycles. The highest BCUT2D eigenvalue weighted by Gasteiger charge is 2.22. The number of hydrogen-bond acceptors (Lipinski definition) is 4. The lowest BCUT2D eigenvalue weighted by Gasteiger charge is -2.31. The minimum Gasteiger partial charge on any atom is -0.329 e. The van der Waals surface area contributed by atoms with Crippen LogP contribution in [0.1, 0.15) is 18.4 Å². The molecule has 0 spiro atoms. The first kappa shape index (κ1) is 17.9. The van der Waals surface area contributed by atoms with E-state index in [-0.39, 0.29) is 11.3 Å². The van der Waals surface area contributed by atoms with Crippen LogP contribution in [0.4, 0.5) is 0 Å². The largest absolute Gasteiger partial charge is 0.329 e. The molecule has 2 aromatic rings. The molecule has 2 heterocycles. The molecule has 0 amide bonds. The lowest BCUT2D eigenvalue weighted by Crippen LogP contribution is -2.37. The van der Waals surface area contributed by atoms with Gasteiger partial charge in [-0.15, -0.1) is 0 Å². The highest BCUT2D eigenvalue weighted by Crippen LogP contribution is 2.21. The van der Waals surface area contributed by atoms with Crippen molar-refractivity contribution in [2.75, 3.05) is 25.4 Å². The molecular weight excluding hydrogens is 336 g/mol. The van der Waals surface area contributed by atoms with Crippen LogP contribution in [0.2, 0.25) is 0 Å². The van der Waals surface area contributed by atoms with Crippen LogP contribution in [0, 0.1) is 5.92 Å². The second-order valence-corrected chi connectivity index (χ2v) is 8.79. The Kier molecular flexibility index (Phi) is 5.71. The number of rotatable bonds is 6. The highest BCUT2D eigenvalue weighted by atomic mass is 32.2. The molecular formula is C19H24N2O3S. The van der Waals surface area contributed by atoms with Crippen LogP contribution < -0.4 is 5.56 Å². The molecule has 1 fully saturated rings. The number of piperidine rings is 1. The van der Waals surface area contributed by atoms with Gasteiger partial charge in [-0.25, -0.2) is 8.42 Å². The molecule has 1 aliphatic heterocycles. The van der Waals surface area contributed by atoms with Gasteiger partial charge in [-0.2, -0.15) is 0 Å². The van der Waals surface area contributed by atoms with E-state index in [4.69, 9.17) is 0 Å². The fraction of sp³-hybridized carbons (Fsp3) is 0.421. The summed E-state index contributed by atoms with van der Waals surface area (Å²) in [6.07, 6.45) is 4.88. The van der Waals surface area contributed by atoms with E-state index in [9.17, 15) is 13.2 Å². The Morgan fingerprint density at radius 3 is 2.40 bits per heavy atom. The molecule has 1 aromatic carbocycles. The van der Waals surface area contributed by atoms with Crippen molar-refractivity contribution in [3.05, 3.63) is 64.6 Å². The summed E-state index contributed by atoms with van der Waals surface area (Å²) in [5.41, 5.74) is 1.09. The lowest BCUT2D eigenvalue weighted by molar-refractivity contribution is 0.193. The number of likely N-dealkylation sites (tertiary alicyclic amines) is 1. The minimum atomic E-state index is -3.20. The summed E-state index contributed by atoms with van der Waals surface area (Å²) in [6.45, 7) is 2.44. The molecule has 0 unspecified atom stereocenters. The summed E-state index contributed by atoms with van der Waals surface area (Å²) < 4.78 is 24.7. The predicted octanol–water partition coefficient (Wildman–Crippen LogP) is 2.10. The van der Waals surface area contributed by atoms with Gasteiger partial charge in [0.1, 0.15) is 0 Å². The number of hydrogen-bond donors (Lipinski definition) is 1. The molecule has 3 rings (SSSR count). The van der Waals surface area contributed by atoms with Crippen molar-refractivity contribution in [1.82, 2.24) is 9.88 Å². The van der Waals surface area contributed by atoms with Gasteiger partial charge in [0, 0.05) is 18.8 Å². The number of pyridine rings is 1. The molecule has 25 heavy (non-hydrogen) atoms. The fourth-order valence-corrected chi connectivity index (χ4v) is 4.62. The molecule has 0 saturated carbocycles. The van der Waals surface area contributed by atoms with Crippen LogP contribution in [0.3, 0.4) is 0 Å². The molecule has 1 aliphatic rings. The van der Waals surface area contributed by atoms with Crippen molar-refractivity contribution in [3.63, 3.8) is 0 Å². The van der Waals surface area contributed by atoms with Gasteiger partial charge in [0.15, 0.2) is 9.84 Å². The van der Waals surface area contributed by atoms with E-state index in [1.807, 2.05) is 12.1 Å². The summed E-state index contributed by atoms with van der Waals surface area (Å²) in [5, 5.41) is 0. The molecule has 6 heteroatoms. The molecule has 0 atom stereocenters. The van der Waals surface area contributed by atoms with Crippen molar-refractivity contribution in [2.24, 2.45) is 5.92 Å². The van der Waals surface area contributed by atoms with Crippen molar-refractivity contribution in [3.8, 4) is 0 Å². The van der Waals surface area contributed by atoms with Gasteiger partial charge in [0.05, 0.1) is 10.6 Å². The van der Waals surface area contributed by atoms with E-state index in [2.05, 4.69) is 9.88 Å². The fourth-order valence-electron chi connectivity index (χ4n) is 3.31. The summed E-state index contributed by atoms with van der Waals surface area (Å²) in [5.74, 6) is 0.759. The van der Waals surface area contributed by atoms with E-state index in [0.717, 1.165) is 37.9 Å². The van der Waals surface area contributed by atoms with Crippen LogP contribution in [0.5, 0.6) is 0 Å². The van der Waals surface area contributed by atoms with Crippen molar-refractivity contribution in [1.29, 1.82) is 0 Å². The molecule has 5 nitrogen and oxygen atoms in total. The van der Waals surface area contributed by atoms with Crippen LogP contribution in [-0.4, -0.2) is 43.7 Å². The maximum atomic E-state index is 12.4. The highest BCUT2D eigenvalue weighted by molar-refractivity contribution is 7.91. The number of H-pyrrole nitrogens is 1. The first-order valence-corrected chi connectivity index (χ1v) is 10.4. The first-order chi connectivity index (χ1) is 12.0. The molecule has 1 N–H and O–H groups in total. The Balaban J connectivity index is 1.46. The molecule has 134 valence electrons. The molecule has 0 bridgehead atoms. The molecule has 1 aromatic heterocycles. The van der Waals surface area contributed by atoms with Gasteiger partial charge in [0.2, 0.25) is 5.56 Å². The number of benzene rings is 1. The standard InChI is InChI=1S/C19H24N2O3S/c22-19-7-6-17(15-20-19)14-16-8-10-21(11-9-16)12-13-25(23,24)18-4-2-1-3-5-18/h1-7,15-16H,8-14H2,(H,20,22). The Labute approximate surface area is 148 Å². The summed E-state index contributed by atoms with van der Waals surface area (Å²) in [4.78, 5) is 16.5. The second kappa shape index (κ2) is 7.97. The zero-order valence-electron chi connectivity index (χ0n) is 14.2. The van der Waals surface area contributed by atoms with Gasteiger partial charge in [-0.3, -0.25) is 4.79 Å². The molecule has 1 saturated heterocycles. The van der Waals surface area contributed by atoms with Crippen LogP contribution in [0.15, 0.2) is 58.4 Å². The topological polar surface area (TPSA) is 70.2 Å². The third kappa shape index (κ3) is 5.03. The number of nitrogens with one attached hydrogen (secondary N) is 1. The van der Waals surface area contributed by atoms with E-state index in [1.165, 1.54) is 0 Å². The zero-order valence-corrected chi connectivity index (χ0v) is 15.0. The summed E-state index contributed by atoms with van der Waals surface area (Å²) in [7, 11) is -3.20. The van der Waals surface area contributed by atoms with Gasteiger partial charge in [0.25, 0.3) is 0 Å². The van der Waals surface area contributed by atoms with Crippen LogP contribution in [-0.2, 0) is 16.3 Å². The van der Waals surface area contributed by atoms with Gasteiger partial charge < -0.3 is 9.88 Å². The Morgan fingerprint density at radius 1 is 1.04 bits per heavy atom. The molecule has 0 radical (unpaired) electrons. The first-order valence-electron chi connectivity index (χ1n) is 8.71. The van der Waals surface area contributed by atoms with Crippen molar-refractivity contribution in [2.45, 2.75) is 24.2 Å². The van der Waals surface area contributed by atoms with Gasteiger partial charge in [-0.1, -0.05) is 24.3 Å². The number of aromatic amines is 1. The zero-order chi connectivity index (χ0) is 17.7. The Morgan fingerprint density at radius 2 is 1.76 bits per heavy atom. The average molecular weight is 360 g/mol. The number of sulfone groups is 1. The van der Waals surface area contributed by atoms with Crippen molar-refractivity contribution >= 4 is 9.84 Å². The Bertz CT molecular complexity index is 818. The normalized spacial score (nSPS) is 16.8. The third-order valence-corrected chi connectivity index (χ3v) is 6.57. The van der Waals surface area contributed by atoms with Gasteiger partial charge in [-0.05, 0) is 56.0 Å². The SMILES string of the molecule is O=c1ccc(CC2CCN(CCS(=O)(=O)c3ccccc3)CC2)c[nH]1. The maximum Gasteiger partial charge on any atom is 0.247 e. The lowest BCUT2D eigenvalue weighted by atomic mass is 9.91. The number of nitrogens with zero attached hydrogens (tertiary/aromatic N) is 1. The van der Waals surface area contributed by atoms with Crippen molar-refractivity contribution < 1.29 is 8.42 Å². The van der Waals surface area contributed by atoms with Gasteiger partial charge >= 0.3 is 0 Å². The van der Waals surface area contributed by atoms with E-state index < -0.39 is 9.84 Å². The van der Waals surface area contributed by atoms with E-state index in [1.54, 1.807) is 36.5 Å². The van der Waals surface area contributed by atoms with E-state index >= 15 is 0 Å². The minimum absolute atomic E-state index is 0.0711. The third-order valence-electron chi connectivity index (χ3n) is 4.86. The predicted molar refractivity (Wildman–Crippen MR) is 98.4 cm³/mol. The van der Waals surface area contributed by atoms with E-state index in [0.29, 0.717) is 17.4 Å². The summed E-state index contributed by atoms with van der Waals surface area (Å²) in [6, 6.07) is 12.1. The van der Waals surface area contributed by atoms with Crippen LogP contribution >= 0.6 is 0 Å². The Hall–Kier alpha value is -1.92. The van der Waals surface area contributed by atoms with Crippen LogP contribution in [0.25, 0.3) is 0 Å².